The maximum atomic E-state index is 11.6. The van der Waals surface area contributed by atoms with Gasteiger partial charge in [0, 0.05) is 10.9 Å². The van der Waals surface area contributed by atoms with Crippen LogP contribution in [0.4, 0.5) is 5.88 Å². The lowest BCUT2D eigenvalue weighted by molar-refractivity contribution is -0.402. The van der Waals surface area contributed by atoms with Crippen molar-refractivity contribution in [2.45, 2.75) is 0 Å². The van der Waals surface area contributed by atoms with E-state index in [9.17, 15) is 14.9 Å². The highest BCUT2D eigenvalue weighted by molar-refractivity contribution is 6.68. The fraction of sp³-hybridized carbons (Fsp3) is 0. The van der Waals surface area contributed by atoms with Crippen LogP contribution in [-0.4, -0.2) is 15.1 Å². The molecule has 0 atom stereocenters. The molecular weight excluding hydrogens is 344 g/mol. The lowest BCUT2D eigenvalue weighted by Crippen LogP contribution is -1.95. The molecule has 0 N–H and O–H groups in total. The van der Waals surface area contributed by atoms with Crippen molar-refractivity contribution in [2.24, 2.45) is 0 Å². The lowest BCUT2D eigenvalue weighted by Gasteiger charge is -2.03. The van der Waals surface area contributed by atoms with Crippen LogP contribution in [0, 0.1) is 10.1 Å². The Balaban J connectivity index is 1.84. The Morgan fingerprint density at radius 2 is 1.92 bits per heavy atom. The van der Waals surface area contributed by atoms with Gasteiger partial charge in [0.15, 0.2) is 0 Å². The number of rotatable bonds is 5. The monoisotopic (exact) mass is 354 g/mol. The summed E-state index contributed by atoms with van der Waals surface area (Å²) in [6.45, 7) is 0. The van der Waals surface area contributed by atoms with Gasteiger partial charge in [-0.15, -0.1) is 0 Å². The smallest absolute Gasteiger partial charge is 0.401 e. The Bertz CT molecular complexity index is 1020. The van der Waals surface area contributed by atoms with E-state index in [2.05, 4.69) is 4.98 Å². The number of hydrogen-bond donors (Lipinski definition) is 0. The average Bonchev–Trinajstić information content (AvgIpc) is 3.07. The minimum Gasteiger partial charge on any atom is -0.401 e. The third-order valence-electron chi connectivity index (χ3n) is 3.38. The quantitative estimate of drug-likeness (QED) is 0.283. The van der Waals surface area contributed by atoms with Gasteiger partial charge in [-0.2, -0.15) is 0 Å². The third-order valence-corrected chi connectivity index (χ3v) is 3.58. The van der Waals surface area contributed by atoms with E-state index < -0.39 is 10.2 Å². The molecule has 25 heavy (non-hydrogen) atoms. The normalized spacial score (nSPS) is 11.6. The molecule has 0 bridgehead atoms. The van der Waals surface area contributed by atoms with Gasteiger partial charge >= 0.3 is 5.88 Å². The fourth-order valence-electron chi connectivity index (χ4n) is 2.28. The second kappa shape index (κ2) is 7.11. The molecule has 0 saturated heterocycles. The summed E-state index contributed by atoms with van der Waals surface area (Å²) in [6, 6.07) is 11.6. The molecule has 6 nitrogen and oxygen atoms in total. The molecule has 0 aliphatic rings. The SMILES string of the molecule is O=C(Cl)c1cc(C=CC=Cc2ccc([N+](=O)[O-])o2)nc2ccccc12. The number of carbonyl (C=O) groups excluding carboxylic acids is 1. The first kappa shape index (κ1) is 16.6. The summed E-state index contributed by atoms with van der Waals surface area (Å²) in [5.41, 5.74) is 1.62. The Morgan fingerprint density at radius 1 is 1.16 bits per heavy atom. The molecular formula is C18H11ClN2O4. The molecule has 7 heteroatoms. The first-order chi connectivity index (χ1) is 12.0. The molecule has 3 rings (SSSR count). The second-order valence-electron chi connectivity index (χ2n) is 5.04. The van der Waals surface area contributed by atoms with Gasteiger partial charge in [-0.1, -0.05) is 30.4 Å². The average molecular weight is 355 g/mol. The molecule has 3 aromatic rings. The van der Waals surface area contributed by atoms with Crippen LogP contribution in [0.25, 0.3) is 23.1 Å². The minimum atomic E-state index is -0.600. The molecule has 0 spiro atoms. The zero-order valence-electron chi connectivity index (χ0n) is 12.8. The number of halogens is 1. The number of fused-ring (bicyclic) bond motifs is 1. The summed E-state index contributed by atoms with van der Waals surface area (Å²) >= 11 is 5.65. The van der Waals surface area contributed by atoms with E-state index in [1.54, 1.807) is 42.5 Å². The van der Waals surface area contributed by atoms with Crippen LogP contribution in [-0.2, 0) is 0 Å². The zero-order chi connectivity index (χ0) is 17.8. The predicted octanol–water partition coefficient (Wildman–Crippen LogP) is 4.84. The molecule has 1 aromatic carbocycles. The summed E-state index contributed by atoms with van der Waals surface area (Å²) in [7, 11) is 0. The van der Waals surface area contributed by atoms with Crippen molar-refractivity contribution in [3.8, 4) is 0 Å². The third kappa shape index (κ3) is 3.81. The number of carbonyl (C=O) groups is 1. The van der Waals surface area contributed by atoms with Gasteiger partial charge < -0.3 is 4.42 Å². The van der Waals surface area contributed by atoms with E-state index in [0.717, 1.165) is 0 Å². The number of pyridine rings is 1. The number of furan rings is 1. The van der Waals surface area contributed by atoms with Crippen LogP contribution in [0.1, 0.15) is 21.8 Å². The molecule has 0 unspecified atom stereocenters. The molecule has 124 valence electrons. The van der Waals surface area contributed by atoms with E-state index in [4.69, 9.17) is 16.0 Å². The minimum absolute atomic E-state index is 0.315. The Kier molecular flexibility index (Phi) is 4.72. The standard InChI is InChI=1S/C18H11ClN2O4/c19-18(22)15-11-12(20-16-8-4-3-7-14(15)16)5-1-2-6-13-9-10-17(25-13)21(23)24/h1-11H. The van der Waals surface area contributed by atoms with Crippen molar-refractivity contribution < 1.29 is 14.1 Å². The second-order valence-corrected chi connectivity index (χ2v) is 5.38. The van der Waals surface area contributed by atoms with Gasteiger partial charge in [0.05, 0.1) is 17.3 Å². The Labute approximate surface area is 147 Å². The lowest BCUT2D eigenvalue weighted by atomic mass is 10.1. The van der Waals surface area contributed by atoms with Crippen molar-refractivity contribution in [3.63, 3.8) is 0 Å². The molecule has 0 fully saturated rings. The highest BCUT2D eigenvalue weighted by Crippen LogP contribution is 2.21. The number of aromatic nitrogens is 1. The van der Waals surface area contributed by atoms with Crippen molar-refractivity contribution in [1.29, 1.82) is 0 Å². The molecule has 0 amide bonds. The van der Waals surface area contributed by atoms with Gasteiger partial charge in [-0.25, -0.2) is 4.98 Å². The van der Waals surface area contributed by atoms with Crippen LogP contribution in [0.15, 0.2) is 59.0 Å². The number of allylic oxidation sites excluding steroid dienone is 2. The van der Waals surface area contributed by atoms with Crippen molar-refractivity contribution in [2.75, 3.05) is 0 Å². The molecule has 0 aliphatic carbocycles. The van der Waals surface area contributed by atoms with Crippen molar-refractivity contribution >= 4 is 45.8 Å². The number of para-hydroxylation sites is 1. The van der Waals surface area contributed by atoms with E-state index in [0.29, 0.717) is 27.9 Å². The molecule has 2 aromatic heterocycles. The maximum Gasteiger partial charge on any atom is 0.433 e. The maximum absolute atomic E-state index is 11.6. The summed E-state index contributed by atoms with van der Waals surface area (Å²) in [6.07, 6.45) is 6.62. The summed E-state index contributed by atoms with van der Waals surface area (Å²) in [4.78, 5) is 26.0. The zero-order valence-corrected chi connectivity index (χ0v) is 13.5. The first-order valence-electron chi connectivity index (χ1n) is 7.23. The number of nitrogens with zero attached hydrogens (tertiary/aromatic N) is 2. The molecule has 2 heterocycles. The van der Waals surface area contributed by atoms with Gasteiger partial charge in [0.2, 0.25) is 0 Å². The van der Waals surface area contributed by atoms with Gasteiger partial charge in [-0.3, -0.25) is 14.9 Å². The predicted molar refractivity (Wildman–Crippen MR) is 95.4 cm³/mol. The van der Waals surface area contributed by atoms with Gasteiger partial charge in [-0.05, 0) is 42.0 Å². The number of benzene rings is 1. The highest BCUT2D eigenvalue weighted by atomic mass is 35.5. The molecule has 0 saturated carbocycles. The van der Waals surface area contributed by atoms with E-state index in [-0.39, 0.29) is 5.88 Å². The molecule has 0 radical (unpaired) electrons. The van der Waals surface area contributed by atoms with Crippen LogP contribution in [0.3, 0.4) is 0 Å². The van der Waals surface area contributed by atoms with Crippen LogP contribution >= 0.6 is 11.6 Å². The largest absolute Gasteiger partial charge is 0.433 e. The Hall–Kier alpha value is -3.25. The van der Waals surface area contributed by atoms with Crippen LogP contribution in [0.2, 0.25) is 0 Å². The Morgan fingerprint density at radius 3 is 2.64 bits per heavy atom. The first-order valence-corrected chi connectivity index (χ1v) is 7.61. The van der Waals surface area contributed by atoms with Crippen LogP contribution in [0.5, 0.6) is 0 Å². The molecule has 0 aliphatic heterocycles. The van der Waals surface area contributed by atoms with Gasteiger partial charge in [0.1, 0.15) is 10.7 Å². The topological polar surface area (TPSA) is 86.2 Å². The van der Waals surface area contributed by atoms with E-state index in [1.807, 2.05) is 12.1 Å². The number of nitro groups is 1. The van der Waals surface area contributed by atoms with Crippen molar-refractivity contribution in [3.05, 3.63) is 81.7 Å². The fourth-order valence-corrected chi connectivity index (χ4v) is 2.43. The summed E-state index contributed by atoms with van der Waals surface area (Å²) in [5.74, 6) is 0.0459. The van der Waals surface area contributed by atoms with E-state index in [1.165, 1.54) is 12.1 Å². The van der Waals surface area contributed by atoms with Crippen LogP contribution < -0.4 is 0 Å². The number of hydrogen-bond acceptors (Lipinski definition) is 5. The van der Waals surface area contributed by atoms with Crippen molar-refractivity contribution in [1.82, 2.24) is 4.98 Å². The highest BCUT2D eigenvalue weighted by Gasteiger charge is 2.10. The van der Waals surface area contributed by atoms with E-state index >= 15 is 0 Å². The summed E-state index contributed by atoms with van der Waals surface area (Å²) < 4.78 is 5.01. The summed E-state index contributed by atoms with van der Waals surface area (Å²) in [5, 5.41) is 10.7. The van der Waals surface area contributed by atoms with Gasteiger partial charge in [0.25, 0.3) is 5.24 Å².